The minimum absolute atomic E-state index is 0.0217. The molecule has 11 heteroatoms. The van der Waals surface area contributed by atoms with Crippen molar-refractivity contribution in [3.63, 3.8) is 0 Å². The summed E-state index contributed by atoms with van der Waals surface area (Å²) in [6, 6.07) is 13.7. The quantitative estimate of drug-likeness (QED) is 0.291. The number of furan rings is 1. The van der Waals surface area contributed by atoms with Crippen molar-refractivity contribution >= 4 is 57.9 Å². The molecule has 4 rings (SSSR count). The van der Waals surface area contributed by atoms with E-state index in [0.29, 0.717) is 32.8 Å². The second kappa shape index (κ2) is 8.93. The largest absolute Gasteiger partial charge is 0.478 e. The van der Waals surface area contributed by atoms with Gasteiger partial charge in [-0.15, -0.1) is 0 Å². The lowest BCUT2D eigenvalue weighted by molar-refractivity contribution is -0.384. The van der Waals surface area contributed by atoms with Gasteiger partial charge in [0, 0.05) is 30.8 Å². The molecule has 0 bridgehead atoms. The number of carbonyl (C=O) groups is 2. The number of thioether (sulfide) groups is 1. The van der Waals surface area contributed by atoms with Gasteiger partial charge in [-0.1, -0.05) is 11.6 Å². The Morgan fingerprint density at radius 1 is 1.21 bits per heavy atom. The van der Waals surface area contributed by atoms with Gasteiger partial charge in [-0.25, -0.2) is 9.79 Å². The van der Waals surface area contributed by atoms with Gasteiger partial charge in [0.1, 0.15) is 11.5 Å². The summed E-state index contributed by atoms with van der Waals surface area (Å²) in [6.07, 6.45) is 1.57. The summed E-state index contributed by atoms with van der Waals surface area (Å²) >= 11 is 7.01. The zero-order chi connectivity index (χ0) is 23.7. The SMILES string of the molecule is CN1C(=O)C(=Cc2ccc(-c3ccc([N+](=O)[O-])cc3)o2)SC1=Nc1ccc(Cl)c(C(=O)O)c1. The van der Waals surface area contributed by atoms with Gasteiger partial charge in [0.2, 0.25) is 0 Å². The summed E-state index contributed by atoms with van der Waals surface area (Å²) in [6.45, 7) is 0. The van der Waals surface area contributed by atoms with Gasteiger partial charge in [-0.05, 0) is 54.2 Å². The fourth-order valence-corrected chi connectivity index (χ4v) is 4.14. The molecule has 1 fully saturated rings. The molecule has 2 heterocycles. The fourth-order valence-electron chi connectivity index (χ4n) is 2.97. The van der Waals surface area contributed by atoms with Crippen LogP contribution in [0.5, 0.6) is 0 Å². The monoisotopic (exact) mass is 483 g/mol. The van der Waals surface area contributed by atoms with Gasteiger partial charge in [-0.2, -0.15) is 0 Å². The van der Waals surface area contributed by atoms with Gasteiger partial charge in [-0.3, -0.25) is 19.8 Å². The number of aliphatic imine (C=N–C) groups is 1. The smallest absolute Gasteiger partial charge is 0.337 e. The third-order valence-electron chi connectivity index (χ3n) is 4.67. The maximum Gasteiger partial charge on any atom is 0.337 e. The van der Waals surface area contributed by atoms with Crippen LogP contribution < -0.4 is 0 Å². The number of likely N-dealkylation sites (N-methyl/N-ethyl adjacent to an activating group) is 1. The number of carboxylic acids is 1. The van der Waals surface area contributed by atoms with Crippen molar-refractivity contribution in [3.8, 4) is 11.3 Å². The summed E-state index contributed by atoms with van der Waals surface area (Å²) in [5, 5.41) is 20.5. The number of non-ortho nitro benzene ring substituents is 1. The summed E-state index contributed by atoms with van der Waals surface area (Å²) < 4.78 is 5.77. The topological polar surface area (TPSA) is 126 Å². The molecule has 9 nitrogen and oxygen atoms in total. The summed E-state index contributed by atoms with van der Waals surface area (Å²) in [5.74, 6) is -0.544. The average Bonchev–Trinajstić information content (AvgIpc) is 3.36. The lowest BCUT2D eigenvalue weighted by Crippen LogP contribution is -2.23. The number of aromatic carboxylic acids is 1. The Morgan fingerprint density at radius 2 is 1.94 bits per heavy atom. The molecule has 3 aromatic rings. The molecule has 1 saturated heterocycles. The van der Waals surface area contributed by atoms with Crippen molar-refractivity contribution in [1.82, 2.24) is 4.90 Å². The van der Waals surface area contributed by atoms with E-state index in [0.717, 1.165) is 11.8 Å². The van der Waals surface area contributed by atoms with E-state index in [-0.39, 0.29) is 22.2 Å². The Bertz CT molecular complexity index is 1350. The number of benzene rings is 2. The molecule has 1 aromatic heterocycles. The van der Waals surface area contributed by atoms with E-state index < -0.39 is 10.9 Å². The van der Waals surface area contributed by atoms with Crippen molar-refractivity contribution in [2.75, 3.05) is 7.05 Å². The number of halogens is 1. The molecule has 0 unspecified atom stereocenters. The van der Waals surface area contributed by atoms with Gasteiger partial charge < -0.3 is 9.52 Å². The fraction of sp³-hybridized carbons (Fsp3) is 0.0455. The summed E-state index contributed by atoms with van der Waals surface area (Å²) in [5.41, 5.74) is 0.901. The highest BCUT2D eigenvalue weighted by Crippen LogP contribution is 2.35. The highest BCUT2D eigenvalue weighted by molar-refractivity contribution is 8.18. The molecule has 1 aliphatic rings. The summed E-state index contributed by atoms with van der Waals surface area (Å²) in [7, 11) is 1.56. The Hall–Kier alpha value is -3.89. The van der Waals surface area contributed by atoms with Crippen molar-refractivity contribution in [3.05, 3.63) is 86.0 Å². The standard InChI is InChI=1S/C22H14ClN3O6S/c1-25-20(27)19(33-22(25)24-13-4-8-17(23)16(10-13)21(28)29)11-15-7-9-18(32-15)12-2-5-14(6-3-12)26(30)31/h2-11H,1H3,(H,28,29). The molecule has 0 aliphatic carbocycles. The number of rotatable bonds is 5. The first kappa shape index (κ1) is 22.3. The second-order valence-electron chi connectivity index (χ2n) is 6.84. The lowest BCUT2D eigenvalue weighted by atomic mass is 10.1. The Kier molecular flexibility index (Phi) is 6.03. The predicted molar refractivity (Wildman–Crippen MR) is 125 cm³/mol. The number of hydrogen-bond acceptors (Lipinski definition) is 7. The Labute approximate surface area is 196 Å². The maximum atomic E-state index is 12.7. The number of amides is 1. The number of hydrogen-bond donors (Lipinski definition) is 1. The van der Waals surface area contributed by atoms with E-state index in [2.05, 4.69) is 4.99 Å². The third kappa shape index (κ3) is 4.66. The average molecular weight is 484 g/mol. The van der Waals surface area contributed by atoms with Crippen molar-refractivity contribution in [2.45, 2.75) is 0 Å². The van der Waals surface area contributed by atoms with E-state index in [1.54, 1.807) is 43.5 Å². The van der Waals surface area contributed by atoms with E-state index in [1.807, 2.05) is 0 Å². The Morgan fingerprint density at radius 3 is 2.61 bits per heavy atom. The highest BCUT2D eigenvalue weighted by Gasteiger charge is 2.31. The maximum absolute atomic E-state index is 12.7. The van der Waals surface area contributed by atoms with Crippen LogP contribution in [-0.4, -0.2) is 39.0 Å². The van der Waals surface area contributed by atoms with Gasteiger partial charge >= 0.3 is 5.97 Å². The normalized spacial score (nSPS) is 16.1. The molecule has 1 amide bonds. The molecule has 0 saturated carbocycles. The van der Waals surface area contributed by atoms with Crippen molar-refractivity contribution in [1.29, 1.82) is 0 Å². The van der Waals surface area contributed by atoms with Crippen LogP contribution in [0.4, 0.5) is 11.4 Å². The van der Waals surface area contributed by atoms with E-state index in [1.165, 1.54) is 29.2 Å². The van der Waals surface area contributed by atoms with E-state index >= 15 is 0 Å². The van der Waals surface area contributed by atoms with Crippen LogP contribution >= 0.6 is 23.4 Å². The van der Waals surface area contributed by atoms with Gasteiger partial charge in [0.05, 0.1) is 26.1 Å². The zero-order valence-corrected chi connectivity index (χ0v) is 18.5. The molecule has 1 N–H and O–H groups in total. The van der Waals surface area contributed by atoms with E-state index in [9.17, 15) is 24.8 Å². The first-order valence-electron chi connectivity index (χ1n) is 9.37. The predicted octanol–water partition coefficient (Wildman–Crippen LogP) is 5.44. The minimum Gasteiger partial charge on any atom is -0.478 e. The van der Waals surface area contributed by atoms with Crippen LogP contribution in [-0.2, 0) is 4.79 Å². The second-order valence-corrected chi connectivity index (χ2v) is 8.26. The van der Waals surface area contributed by atoms with Crippen LogP contribution in [0.25, 0.3) is 17.4 Å². The first-order chi connectivity index (χ1) is 15.7. The summed E-state index contributed by atoms with van der Waals surface area (Å²) in [4.78, 5) is 40.4. The number of nitrogens with zero attached hydrogens (tertiary/aromatic N) is 3. The van der Waals surface area contributed by atoms with Gasteiger partial charge in [0.15, 0.2) is 5.17 Å². The van der Waals surface area contributed by atoms with Crippen LogP contribution in [0.2, 0.25) is 5.02 Å². The lowest BCUT2D eigenvalue weighted by Gasteiger charge is -2.07. The highest BCUT2D eigenvalue weighted by atomic mass is 35.5. The molecule has 1 aliphatic heterocycles. The first-order valence-corrected chi connectivity index (χ1v) is 10.6. The van der Waals surface area contributed by atoms with Crippen LogP contribution in [0.3, 0.4) is 0 Å². The molecule has 0 spiro atoms. The number of amidine groups is 1. The third-order valence-corrected chi connectivity index (χ3v) is 6.06. The van der Waals surface area contributed by atoms with Crippen molar-refractivity contribution < 1.29 is 24.0 Å². The zero-order valence-electron chi connectivity index (χ0n) is 16.9. The number of carboxylic acid groups (broad SMARTS) is 1. The Balaban J connectivity index is 1.57. The molecule has 33 heavy (non-hydrogen) atoms. The van der Waals surface area contributed by atoms with Gasteiger partial charge in [0.25, 0.3) is 11.6 Å². The van der Waals surface area contributed by atoms with E-state index in [4.69, 9.17) is 16.0 Å². The number of nitro groups is 1. The molecule has 2 aromatic carbocycles. The molecular weight excluding hydrogens is 470 g/mol. The van der Waals surface area contributed by atoms with Crippen LogP contribution in [0.15, 0.2) is 68.9 Å². The molecule has 0 radical (unpaired) electrons. The van der Waals surface area contributed by atoms with Crippen LogP contribution in [0, 0.1) is 10.1 Å². The number of nitro benzene ring substituents is 1. The molecule has 0 atom stereocenters. The molecular formula is C22H14ClN3O6S. The number of carbonyl (C=O) groups excluding carboxylic acids is 1. The molecule has 166 valence electrons. The van der Waals surface area contributed by atoms with Crippen LogP contribution in [0.1, 0.15) is 16.1 Å². The van der Waals surface area contributed by atoms with Crippen molar-refractivity contribution in [2.24, 2.45) is 4.99 Å². The minimum atomic E-state index is -1.17.